The summed E-state index contributed by atoms with van der Waals surface area (Å²) in [5.41, 5.74) is 1.94. The van der Waals surface area contributed by atoms with E-state index in [1.165, 1.54) is 19.2 Å². The fourth-order valence-electron chi connectivity index (χ4n) is 2.84. The predicted octanol–water partition coefficient (Wildman–Crippen LogP) is 2.02. The Balaban J connectivity index is 2.14. The molecule has 0 radical (unpaired) electrons. The number of hydrogen-bond donors (Lipinski definition) is 2. The van der Waals surface area contributed by atoms with Gasteiger partial charge in [-0.05, 0) is 23.8 Å². The summed E-state index contributed by atoms with van der Waals surface area (Å²) in [6.45, 7) is 0.715. The average Bonchev–Trinajstić information content (AvgIpc) is 2.94. The van der Waals surface area contributed by atoms with Crippen LogP contribution in [0.2, 0.25) is 0 Å². The number of H-pyrrole nitrogens is 1. The van der Waals surface area contributed by atoms with Gasteiger partial charge in [0.2, 0.25) is 0 Å². The molecule has 0 atom stereocenters. The third-order valence-corrected chi connectivity index (χ3v) is 3.99. The highest BCUT2D eigenvalue weighted by Gasteiger charge is 2.16. The first kappa shape index (κ1) is 16.9. The van der Waals surface area contributed by atoms with Gasteiger partial charge in [0.05, 0.1) is 6.61 Å². The van der Waals surface area contributed by atoms with E-state index in [1.807, 2.05) is 6.20 Å². The molecule has 0 unspecified atom stereocenters. The van der Waals surface area contributed by atoms with E-state index in [1.54, 1.807) is 29.9 Å². The van der Waals surface area contributed by atoms with Crippen LogP contribution in [0.15, 0.2) is 41.3 Å². The number of amides is 1. The number of aromatic amines is 1. The van der Waals surface area contributed by atoms with E-state index in [4.69, 9.17) is 4.74 Å². The summed E-state index contributed by atoms with van der Waals surface area (Å²) >= 11 is 0. The Morgan fingerprint density at radius 2 is 2.04 bits per heavy atom. The number of carbonyl (C=O) groups is 1. The van der Waals surface area contributed by atoms with Crippen molar-refractivity contribution in [1.29, 1.82) is 0 Å². The molecular weight excluding hydrogens is 325 g/mol. The highest BCUT2D eigenvalue weighted by atomic mass is 19.1. The zero-order chi connectivity index (χ0) is 18.0. The number of methoxy groups -OCH3 is 1. The number of nitrogens with zero attached hydrogens (tertiary/aromatic N) is 1. The van der Waals surface area contributed by atoms with Crippen LogP contribution >= 0.6 is 0 Å². The van der Waals surface area contributed by atoms with Gasteiger partial charge in [-0.3, -0.25) is 9.59 Å². The number of ether oxygens (including phenoxy) is 1. The molecule has 25 heavy (non-hydrogen) atoms. The Morgan fingerprint density at radius 1 is 1.32 bits per heavy atom. The lowest BCUT2D eigenvalue weighted by molar-refractivity contribution is 0.0958. The third kappa shape index (κ3) is 3.32. The van der Waals surface area contributed by atoms with E-state index < -0.39 is 0 Å². The molecule has 0 bridgehead atoms. The summed E-state index contributed by atoms with van der Waals surface area (Å²) in [4.78, 5) is 27.0. The Morgan fingerprint density at radius 3 is 2.68 bits per heavy atom. The summed E-state index contributed by atoms with van der Waals surface area (Å²) in [6, 6.07) is 7.75. The standard InChI is InChI=1S/C18H18FN3O3/c1-20-17(23)15-7-14-12(10-25-2)9-22(16(14)18(24)21-15)8-11-3-5-13(19)6-4-11/h3-7,9H,8,10H2,1-2H3,(H,20,23)(H,21,24). The highest BCUT2D eigenvalue weighted by molar-refractivity contribution is 5.96. The van der Waals surface area contributed by atoms with Crippen LogP contribution in [0.5, 0.6) is 0 Å². The molecule has 0 spiro atoms. The van der Waals surface area contributed by atoms with Gasteiger partial charge in [-0.25, -0.2) is 4.39 Å². The number of carbonyl (C=O) groups excluding carboxylic acids is 1. The van der Waals surface area contributed by atoms with E-state index in [0.29, 0.717) is 24.1 Å². The molecule has 3 rings (SSSR count). The highest BCUT2D eigenvalue weighted by Crippen LogP contribution is 2.21. The maximum absolute atomic E-state index is 13.1. The van der Waals surface area contributed by atoms with Gasteiger partial charge >= 0.3 is 0 Å². The van der Waals surface area contributed by atoms with Gasteiger partial charge in [-0.2, -0.15) is 0 Å². The van der Waals surface area contributed by atoms with Crippen molar-refractivity contribution in [2.24, 2.45) is 0 Å². The molecule has 1 aromatic carbocycles. The lowest BCUT2D eigenvalue weighted by atomic mass is 10.2. The second kappa shape index (κ2) is 6.90. The zero-order valence-electron chi connectivity index (χ0n) is 13.9. The summed E-state index contributed by atoms with van der Waals surface area (Å²) < 4.78 is 20.1. The fourth-order valence-corrected chi connectivity index (χ4v) is 2.84. The second-order valence-corrected chi connectivity index (χ2v) is 5.70. The number of pyridine rings is 1. The minimum atomic E-state index is -0.367. The first-order valence-electron chi connectivity index (χ1n) is 7.74. The zero-order valence-corrected chi connectivity index (χ0v) is 13.9. The van der Waals surface area contributed by atoms with Crippen LogP contribution in [0, 0.1) is 5.82 Å². The van der Waals surface area contributed by atoms with Gasteiger partial charge in [0.25, 0.3) is 11.5 Å². The van der Waals surface area contributed by atoms with Gasteiger partial charge in [0, 0.05) is 37.8 Å². The van der Waals surface area contributed by atoms with Gasteiger partial charge in [-0.1, -0.05) is 12.1 Å². The monoisotopic (exact) mass is 343 g/mol. The number of fused-ring (bicyclic) bond motifs is 1. The smallest absolute Gasteiger partial charge is 0.273 e. The molecule has 0 aliphatic rings. The molecule has 3 aromatic rings. The van der Waals surface area contributed by atoms with Crippen molar-refractivity contribution >= 4 is 16.8 Å². The van der Waals surface area contributed by atoms with Crippen molar-refractivity contribution in [2.45, 2.75) is 13.2 Å². The van der Waals surface area contributed by atoms with Crippen LogP contribution in [0.4, 0.5) is 4.39 Å². The number of nitrogens with one attached hydrogen (secondary N) is 2. The Labute approximate surface area is 143 Å². The largest absolute Gasteiger partial charge is 0.380 e. The molecule has 0 aliphatic carbocycles. The van der Waals surface area contributed by atoms with Crippen molar-refractivity contribution in [2.75, 3.05) is 14.2 Å². The third-order valence-electron chi connectivity index (χ3n) is 3.99. The van der Waals surface area contributed by atoms with E-state index in [-0.39, 0.29) is 23.0 Å². The SMILES string of the molecule is CNC(=O)c1cc2c(COC)cn(Cc3ccc(F)cc3)c2c(=O)[nH]1. The molecule has 0 fully saturated rings. The summed E-state index contributed by atoms with van der Waals surface area (Å²) in [7, 11) is 3.07. The van der Waals surface area contributed by atoms with Crippen LogP contribution in [0.1, 0.15) is 21.6 Å². The van der Waals surface area contributed by atoms with Gasteiger partial charge in [0.1, 0.15) is 17.0 Å². The second-order valence-electron chi connectivity index (χ2n) is 5.70. The summed E-state index contributed by atoms with van der Waals surface area (Å²) in [5.74, 6) is -0.678. The maximum Gasteiger partial charge on any atom is 0.273 e. The van der Waals surface area contributed by atoms with Crippen molar-refractivity contribution in [1.82, 2.24) is 14.9 Å². The maximum atomic E-state index is 13.1. The first-order valence-corrected chi connectivity index (χ1v) is 7.74. The number of benzene rings is 1. The van der Waals surface area contributed by atoms with E-state index in [9.17, 15) is 14.0 Å². The minimum Gasteiger partial charge on any atom is -0.380 e. The number of halogens is 1. The lowest BCUT2D eigenvalue weighted by Gasteiger charge is -2.06. The van der Waals surface area contributed by atoms with E-state index in [0.717, 1.165) is 11.1 Å². The Hall–Kier alpha value is -2.93. The molecule has 0 saturated heterocycles. The fraction of sp³-hybridized carbons (Fsp3) is 0.222. The lowest BCUT2D eigenvalue weighted by Crippen LogP contribution is -2.23. The molecule has 0 saturated carbocycles. The minimum absolute atomic E-state index is 0.192. The molecule has 2 N–H and O–H groups in total. The van der Waals surface area contributed by atoms with Crippen molar-refractivity contribution < 1.29 is 13.9 Å². The average molecular weight is 343 g/mol. The Kier molecular flexibility index (Phi) is 4.67. The molecule has 7 heteroatoms. The van der Waals surface area contributed by atoms with Crippen molar-refractivity contribution in [3.63, 3.8) is 0 Å². The van der Waals surface area contributed by atoms with Gasteiger partial charge < -0.3 is 19.6 Å². The molecule has 6 nitrogen and oxygen atoms in total. The van der Waals surface area contributed by atoms with Crippen LogP contribution < -0.4 is 10.9 Å². The molecule has 0 aliphatic heterocycles. The molecular formula is C18H18FN3O3. The van der Waals surface area contributed by atoms with E-state index in [2.05, 4.69) is 10.3 Å². The summed E-state index contributed by atoms with van der Waals surface area (Å²) in [6.07, 6.45) is 1.82. The molecule has 2 aromatic heterocycles. The topological polar surface area (TPSA) is 76.1 Å². The van der Waals surface area contributed by atoms with Crippen molar-refractivity contribution in [3.05, 3.63) is 69.5 Å². The Bertz CT molecular complexity index is 974. The van der Waals surface area contributed by atoms with Gasteiger partial charge in [0.15, 0.2) is 0 Å². The first-order chi connectivity index (χ1) is 12.0. The van der Waals surface area contributed by atoms with Crippen LogP contribution in [-0.4, -0.2) is 29.6 Å². The normalized spacial score (nSPS) is 11.0. The summed E-state index contributed by atoms with van der Waals surface area (Å²) in [5, 5.41) is 3.15. The molecule has 130 valence electrons. The van der Waals surface area contributed by atoms with Crippen LogP contribution in [0.3, 0.4) is 0 Å². The number of rotatable bonds is 5. The quantitative estimate of drug-likeness (QED) is 0.744. The van der Waals surface area contributed by atoms with Crippen LogP contribution in [0.25, 0.3) is 10.9 Å². The molecule has 1 amide bonds. The van der Waals surface area contributed by atoms with Crippen molar-refractivity contribution in [3.8, 4) is 0 Å². The van der Waals surface area contributed by atoms with Gasteiger partial charge in [-0.15, -0.1) is 0 Å². The number of aromatic nitrogens is 2. The van der Waals surface area contributed by atoms with E-state index >= 15 is 0 Å². The number of hydrogen-bond acceptors (Lipinski definition) is 3. The molecule has 2 heterocycles. The predicted molar refractivity (Wildman–Crippen MR) is 92.2 cm³/mol. The van der Waals surface area contributed by atoms with Crippen LogP contribution in [-0.2, 0) is 17.9 Å².